The molecule has 0 aromatic rings. The zero-order valence-corrected chi connectivity index (χ0v) is 11.4. The minimum Gasteiger partial charge on any atom is -0.395 e. The van der Waals surface area contributed by atoms with Crippen molar-refractivity contribution in [3.8, 4) is 0 Å². The Morgan fingerprint density at radius 2 is 2.24 bits per heavy atom. The first-order valence-corrected chi connectivity index (χ1v) is 6.77. The third-order valence-corrected chi connectivity index (χ3v) is 4.00. The van der Waals surface area contributed by atoms with E-state index in [1.54, 1.807) is 7.11 Å². The van der Waals surface area contributed by atoms with Crippen molar-refractivity contribution in [2.45, 2.75) is 51.3 Å². The number of rotatable bonds is 6. The Hall–Kier alpha value is -0.160. The first-order valence-electron chi connectivity index (χ1n) is 6.77. The van der Waals surface area contributed by atoms with Crippen molar-refractivity contribution in [1.82, 2.24) is 4.90 Å². The molecule has 0 radical (unpaired) electrons. The van der Waals surface area contributed by atoms with Gasteiger partial charge in [0.25, 0.3) is 0 Å². The molecule has 0 bridgehead atoms. The molecular formula is C13H28N2O2. The number of aliphatic hydroxyl groups excluding tert-OH is 1. The standard InChI is InChI=1S/C13H28N2O2/c1-4-5-11(14)12(9-16)15-7-6-10(2)13(8-15)17-3/h10-13,16H,4-9,14H2,1-3H3. The largest absolute Gasteiger partial charge is 0.395 e. The summed E-state index contributed by atoms with van der Waals surface area (Å²) in [6.07, 6.45) is 3.42. The van der Waals surface area contributed by atoms with Crippen molar-refractivity contribution in [3.05, 3.63) is 0 Å². The predicted molar refractivity (Wildman–Crippen MR) is 69.9 cm³/mol. The number of aliphatic hydroxyl groups is 1. The number of hydrogen-bond acceptors (Lipinski definition) is 4. The summed E-state index contributed by atoms with van der Waals surface area (Å²) in [7, 11) is 1.77. The van der Waals surface area contributed by atoms with Gasteiger partial charge in [0.05, 0.1) is 12.7 Å². The van der Waals surface area contributed by atoms with Crippen LogP contribution in [0.4, 0.5) is 0 Å². The number of methoxy groups -OCH3 is 1. The molecule has 0 spiro atoms. The van der Waals surface area contributed by atoms with Crippen LogP contribution in [0.2, 0.25) is 0 Å². The highest BCUT2D eigenvalue weighted by atomic mass is 16.5. The van der Waals surface area contributed by atoms with Crippen LogP contribution < -0.4 is 5.73 Å². The van der Waals surface area contributed by atoms with E-state index in [0.717, 1.165) is 32.4 Å². The second kappa shape index (κ2) is 7.31. The molecule has 1 fully saturated rings. The first-order chi connectivity index (χ1) is 8.13. The average Bonchev–Trinajstić information content (AvgIpc) is 2.32. The highest BCUT2D eigenvalue weighted by molar-refractivity contribution is 4.87. The number of nitrogens with two attached hydrogens (primary N) is 1. The molecule has 0 aliphatic carbocycles. The molecule has 0 saturated carbocycles. The summed E-state index contributed by atoms with van der Waals surface area (Å²) in [4.78, 5) is 2.30. The van der Waals surface area contributed by atoms with Crippen molar-refractivity contribution in [2.24, 2.45) is 11.7 Å². The van der Waals surface area contributed by atoms with Gasteiger partial charge in [0.15, 0.2) is 0 Å². The summed E-state index contributed by atoms with van der Waals surface area (Å²) in [6, 6.07) is 0.149. The van der Waals surface area contributed by atoms with Crippen molar-refractivity contribution >= 4 is 0 Å². The zero-order chi connectivity index (χ0) is 12.8. The maximum absolute atomic E-state index is 9.54. The monoisotopic (exact) mass is 244 g/mol. The predicted octanol–water partition coefficient (Wildman–Crippen LogP) is 0.832. The van der Waals surface area contributed by atoms with Gasteiger partial charge in [-0.1, -0.05) is 20.3 Å². The van der Waals surface area contributed by atoms with Crippen LogP contribution in [0.15, 0.2) is 0 Å². The molecule has 1 aliphatic heterocycles. The zero-order valence-electron chi connectivity index (χ0n) is 11.4. The van der Waals surface area contributed by atoms with E-state index >= 15 is 0 Å². The third-order valence-electron chi connectivity index (χ3n) is 4.00. The van der Waals surface area contributed by atoms with Gasteiger partial charge in [-0.2, -0.15) is 0 Å². The van der Waals surface area contributed by atoms with E-state index in [1.165, 1.54) is 0 Å². The summed E-state index contributed by atoms with van der Waals surface area (Å²) in [6.45, 7) is 6.41. The highest BCUT2D eigenvalue weighted by Crippen LogP contribution is 2.22. The second-order valence-corrected chi connectivity index (χ2v) is 5.24. The molecule has 4 heteroatoms. The summed E-state index contributed by atoms with van der Waals surface area (Å²) < 4.78 is 5.50. The average molecular weight is 244 g/mol. The molecule has 1 aliphatic rings. The molecule has 0 amide bonds. The number of hydrogen-bond donors (Lipinski definition) is 2. The Bertz CT molecular complexity index is 214. The van der Waals surface area contributed by atoms with Crippen LogP contribution in [0.25, 0.3) is 0 Å². The minimum atomic E-state index is 0.0657. The van der Waals surface area contributed by atoms with Crippen molar-refractivity contribution in [2.75, 3.05) is 26.8 Å². The fourth-order valence-electron chi connectivity index (χ4n) is 2.71. The van der Waals surface area contributed by atoms with Gasteiger partial charge >= 0.3 is 0 Å². The maximum atomic E-state index is 9.54. The van der Waals surface area contributed by atoms with Crippen LogP contribution >= 0.6 is 0 Å². The summed E-state index contributed by atoms with van der Waals surface area (Å²) >= 11 is 0. The van der Waals surface area contributed by atoms with Gasteiger partial charge in [-0.15, -0.1) is 0 Å². The van der Waals surface area contributed by atoms with E-state index in [9.17, 15) is 5.11 Å². The quantitative estimate of drug-likeness (QED) is 0.726. The highest BCUT2D eigenvalue weighted by Gasteiger charge is 2.32. The molecule has 0 aromatic heterocycles. The third kappa shape index (κ3) is 3.91. The van der Waals surface area contributed by atoms with Crippen LogP contribution in [-0.4, -0.2) is 55.0 Å². The molecule has 102 valence electrons. The van der Waals surface area contributed by atoms with E-state index < -0.39 is 0 Å². The molecule has 4 nitrogen and oxygen atoms in total. The Morgan fingerprint density at radius 1 is 1.53 bits per heavy atom. The molecule has 4 unspecified atom stereocenters. The van der Waals surface area contributed by atoms with Gasteiger partial charge in [-0.3, -0.25) is 4.90 Å². The Kier molecular flexibility index (Phi) is 6.41. The van der Waals surface area contributed by atoms with Crippen LogP contribution in [-0.2, 0) is 4.74 Å². The smallest absolute Gasteiger partial charge is 0.0724 e. The normalized spacial score (nSPS) is 30.2. The summed E-state index contributed by atoms with van der Waals surface area (Å²) in [5.41, 5.74) is 6.15. The number of ether oxygens (including phenoxy) is 1. The first kappa shape index (κ1) is 14.9. The Morgan fingerprint density at radius 3 is 2.76 bits per heavy atom. The lowest BCUT2D eigenvalue weighted by atomic mass is 9.93. The molecule has 1 saturated heterocycles. The number of nitrogens with zero attached hydrogens (tertiary/aromatic N) is 1. The Labute approximate surface area is 105 Å². The second-order valence-electron chi connectivity index (χ2n) is 5.24. The van der Waals surface area contributed by atoms with Crippen LogP contribution in [0, 0.1) is 5.92 Å². The molecular weight excluding hydrogens is 216 g/mol. The van der Waals surface area contributed by atoms with E-state index in [-0.39, 0.29) is 24.8 Å². The molecule has 1 rings (SSSR count). The van der Waals surface area contributed by atoms with Gasteiger partial charge < -0.3 is 15.6 Å². The molecule has 3 N–H and O–H groups in total. The van der Waals surface area contributed by atoms with Gasteiger partial charge in [0.1, 0.15) is 0 Å². The minimum absolute atomic E-state index is 0.0657. The van der Waals surface area contributed by atoms with Crippen molar-refractivity contribution in [1.29, 1.82) is 0 Å². The number of piperidine rings is 1. The lowest BCUT2D eigenvalue weighted by Crippen LogP contribution is -2.56. The van der Waals surface area contributed by atoms with Crippen molar-refractivity contribution in [3.63, 3.8) is 0 Å². The summed E-state index contributed by atoms with van der Waals surface area (Å²) in [5.74, 6) is 0.595. The number of likely N-dealkylation sites (tertiary alicyclic amines) is 1. The molecule has 17 heavy (non-hydrogen) atoms. The van der Waals surface area contributed by atoms with Crippen molar-refractivity contribution < 1.29 is 9.84 Å². The van der Waals surface area contributed by atoms with Crippen LogP contribution in [0.3, 0.4) is 0 Å². The van der Waals surface area contributed by atoms with E-state index in [2.05, 4.69) is 18.7 Å². The van der Waals surface area contributed by atoms with Crippen LogP contribution in [0.1, 0.15) is 33.1 Å². The van der Waals surface area contributed by atoms with Gasteiger partial charge in [0.2, 0.25) is 0 Å². The molecule has 1 heterocycles. The maximum Gasteiger partial charge on any atom is 0.0724 e. The SMILES string of the molecule is CCCC(N)C(CO)N1CCC(C)C(OC)C1. The Balaban J connectivity index is 2.57. The van der Waals surface area contributed by atoms with Gasteiger partial charge in [-0.25, -0.2) is 0 Å². The lowest BCUT2D eigenvalue weighted by molar-refractivity contribution is -0.0319. The van der Waals surface area contributed by atoms with Gasteiger partial charge in [0, 0.05) is 25.7 Å². The van der Waals surface area contributed by atoms with Gasteiger partial charge in [-0.05, 0) is 25.3 Å². The van der Waals surface area contributed by atoms with E-state index in [4.69, 9.17) is 10.5 Å². The lowest BCUT2D eigenvalue weighted by Gasteiger charge is -2.42. The topological polar surface area (TPSA) is 58.7 Å². The fraction of sp³-hybridized carbons (Fsp3) is 1.00. The molecule has 4 atom stereocenters. The fourth-order valence-corrected chi connectivity index (χ4v) is 2.71. The molecule has 0 aromatic carbocycles. The summed E-state index contributed by atoms with van der Waals surface area (Å²) in [5, 5.41) is 9.54. The van der Waals surface area contributed by atoms with E-state index in [0.29, 0.717) is 5.92 Å². The van der Waals surface area contributed by atoms with Crippen LogP contribution in [0.5, 0.6) is 0 Å². The van der Waals surface area contributed by atoms with E-state index in [1.807, 2.05) is 0 Å².